The molecule has 0 aromatic heterocycles. The average Bonchev–Trinajstić information content (AvgIpc) is 1.67. The van der Waals surface area contributed by atoms with Gasteiger partial charge in [-0.25, -0.2) is 0 Å². The predicted molar refractivity (Wildman–Crippen MR) is 34.2 cm³/mol. The molecule has 0 unspecified atom stereocenters. The summed E-state index contributed by atoms with van der Waals surface area (Å²) in [6.07, 6.45) is 1.27. The molecule has 0 bridgehead atoms. The van der Waals surface area contributed by atoms with E-state index in [9.17, 15) is 4.79 Å². The number of nitrogens with zero attached hydrogens (tertiary/aromatic N) is 1. The Kier molecular flexibility index (Phi) is 3.12. The molecule has 0 radical (unpaired) electrons. The first-order valence-electron chi connectivity index (χ1n) is 2.03. The highest BCUT2D eigenvalue weighted by Gasteiger charge is 1.96. The van der Waals surface area contributed by atoms with Crippen LogP contribution in [0.5, 0.6) is 0 Å². The third kappa shape index (κ3) is 2.53. The molecule has 0 atom stereocenters. The number of carbonyl (C=O) groups excluding carboxylic acids is 1. The quantitative estimate of drug-likeness (QED) is 0.411. The van der Waals surface area contributed by atoms with Crippen LogP contribution in [0.2, 0.25) is 0 Å². The van der Waals surface area contributed by atoms with Crippen LogP contribution in [0, 0.1) is 0 Å². The highest BCUT2D eigenvalue weighted by Crippen LogP contribution is 1.85. The lowest BCUT2D eigenvalue weighted by molar-refractivity contribution is -0.106. The van der Waals surface area contributed by atoms with E-state index in [1.165, 1.54) is 13.1 Å². The topological polar surface area (TPSA) is 29.4 Å². The van der Waals surface area contributed by atoms with Crippen molar-refractivity contribution >= 4 is 22.6 Å². The maximum atomic E-state index is 10.1. The Morgan fingerprint density at radius 1 is 1.88 bits per heavy atom. The molecular formula is C5H6ClNO. The first kappa shape index (κ1) is 7.37. The summed E-state index contributed by atoms with van der Waals surface area (Å²) in [4.78, 5) is 13.6. The molecule has 8 heavy (non-hydrogen) atoms. The number of rotatable bonds is 2. The lowest BCUT2D eigenvalue weighted by Gasteiger charge is -1.82. The van der Waals surface area contributed by atoms with Crippen molar-refractivity contribution < 1.29 is 4.79 Å². The van der Waals surface area contributed by atoms with Crippen LogP contribution in [0.3, 0.4) is 0 Å². The van der Waals surface area contributed by atoms with Crippen molar-refractivity contribution in [3.05, 3.63) is 12.8 Å². The summed E-state index contributed by atoms with van der Waals surface area (Å²) >= 11 is 4.99. The fraction of sp³-hybridized carbons (Fsp3) is 0.200. The number of aliphatic imine (C=N–C) groups is 1. The van der Waals surface area contributed by atoms with E-state index in [0.29, 0.717) is 0 Å². The van der Waals surface area contributed by atoms with Crippen molar-refractivity contribution in [3.63, 3.8) is 0 Å². The number of carbonyl (C=O) groups is 1. The Balaban J connectivity index is 3.99. The summed E-state index contributed by atoms with van der Waals surface area (Å²) in [5, 5.41) is -0.537. The summed E-state index contributed by atoms with van der Waals surface area (Å²) in [6, 6.07) is 0. The van der Waals surface area contributed by atoms with Gasteiger partial charge in [0.25, 0.3) is 5.24 Å². The minimum atomic E-state index is -0.537. The van der Waals surface area contributed by atoms with Crippen LogP contribution in [0.15, 0.2) is 17.8 Å². The summed E-state index contributed by atoms with van der Waals surface area (Å²) < 4.78 is 0. The summed E-state index contributed by atoms with van der Waals surface area (Å²) in [6.45, 7) is 4.81. The molecule has 0 heterocycles. The van der Waals surface area contributed by atoms with Gasteiger partial charge in [0, 0.05) is 6.20 Å². The van der Waals surface area contributed by atoms with E-state index in [0.717, 1.165) is 0 Å². The van der Waals surface area contributed by atoms with E-state index in [-0.39, 0.29) is 5.71 Å². The molecule has 3 heteroatoms. The molecule has 0 fully saturated rings. The normalized spacial score (nSPS) is 11.0. The van der Waals surface area contributed by atoms with Gasteiger partial charge in [0.05, 0.1) is 5.71 Å². The van der Waals surface area contributed by atoms with E-state index in [4.69, 9.17) is 11.6 Å². The van der Waals surface area contributed by atoms with E-state index < -0.39 is 5.24 Å². The average molecular weight is 132 g/mol. The molecule has 0 N–H and O–H groups in total. The lowest BCUT2D eigenvalue weighted by Crippen LogP contribution is -1.99. The molecule has 2 nitrogen and oxygen atoms in total. The van der Waals surface area contributed by atoms with Crippen LogP contribution in [-0.4, -0.2) is 11.0 Å². The Bertz CT molecular complexity index is 139. The van der Waals surface area contributed by atoms with Gasteiger partial charge in [-0.2, -0.15) is 0 Å². The standard InChI is InChI=1S/C5H6ClNO/c1-3-7-4(2)5(6)8/h3H,1H2,2H3. The molecule has 0 rings (SSSR count). The second-order valence-electron chi connectivity index (χ2n) is 1.17. The first-order valence-corrected chi connectivity index (χ1v) is 2.41. The highest BCUT2D eigenvalue weighted by molar-refractivity contribution is 6.81. The van der Waals surface area contributed by atoms with Crippen molar-refractivity contribution in [2.45, 2.75) is 6.92 Å². The fourth-order valence-corrected chi connectivity index (χ4v) is 0.236. The van der Waals surface area contributed by atoms with Crippen LogP contribution in [0.1, 0.15) is 6.92 Å². The lowest BCUT2D eigenvalue weighted by atomic mass is 10.5. The highest BCUT2D eigenvalue weighted by atomic mass is 35.5. The summed E-state index contributed by atoms with van der Waals surface area (Å²) in [5.41, 5.74) is 0.265. The van der Waals surface area contributed by atoms with Crippen molar-refractivity contribution in [1.82, 2.24) is 0 Å². The molecule has 0 aromatic carbocycles. The van der Waals surface area contributed by atoms with E-state index in [1.807, 2.05) is 0 Å². The van der Waals surface area contributed by atoms with Crippen LogP contribution >= 0.6 is 11.6 Å². The predicted octanol–water partition coefficient (Wildman–Crippen LogP) is 1.36. The van der Waals surface area contributed by atoms with Gasteiger partial charge in [-0.05, 0) is 18.5 Å². The Labute approximate surface area is 52.9 Å². The first-order chi connectivity index (χ1) is 3.68. The fourth-order valence-electron chi connectivity index (χ4n) is 0.188. The maximum Gasteiger partial charge on any atom is 0.266 e. The molecule has 0 aliphatic heterocycles. The van der Waals surface area contributed by atoms with Gasteiger partial charge in [0.2, 0.25) is 0 Å². The van der Waals surface area contributed by atoms with Gasteiger partial charge >= 0.3 is 0 Å². The Morgan fingerprint density at radius 3 is 2.50 bits per heavy atom. The molecule has 0 amide bonds. The van der Waals surface area contributed by atoms with Gasteiger partial charge in [-0.1, -0.05) is 6.58 Å². The molecule has 0 aliphatic carbocycles. The van der Waals surface area contributed by atoms with Crippen molar-refractivity contribution in [1.29, 1.82) is 0 Å². The van der Waals surface area contributed by atoms with Crippen LogP contribution in [0.4, 0.5) is 0 Å². The van der Waals surface area contributed by atoms with Crippen molar-refractivity contribution in [2.24, 2.45) is 4.99 Å². The van der Waals surface area contributed by atoms with Gasteiger partial charge < -0.3 is 0 Å². The van der Waals surface area contributed by atoms with Crippen molar-refractivity contribution in [2.75, 3.05) is 0 Å². The smallest absolute Gasteiger partial charge is 0.266 e. The van der Waals surface area contributed by atoms with E-state index in [2.05, 4.69) is 11.6 Å². The SMILES string of the molecule is C=CN=C(C)C(=O)Cl. The third-order valence-electron chi connectivity index (χ3n) is 0.569. The molecular weight excluding hydrogens is 126 g/mol. The summed E-state index contributed by atoms with van der Waals surface area (Å²) in [5.74, 6) is 0. The molecule has 44 valence electrons. The second-order valence-corrected chi connectivity index (χ2v) is 1.51. The number of halogens is 1. The van der Waals surface area contributed by atoms with Crippen molar-refractivity contribution in [3.8, 4) is 0 Å². The van der Waals surface area contributed by atoms with Crippen LogP contribution < -0.4 is 0 Å². The largest absolute Gasteiger partial charge is 0.274 e. The van der Waals surface area contributed by atoms with E-state index in [1.54, 1.807) is 0 Å². The molecule has 0 saturated heterocycles. The summed E-state index contributed by atoms with van der Waals surface area (Å²) in [7, 11) is 0. The molecule has 0 saturated carbocycles. The molecule has 0 spiro atoms. The monoisotopic (exact) mass is 131 g/mol. The van der Waals surface area contributed by atoms with Crippen LogP contribution in [0.25, 0.3) is 0 Å². The third-order valence-corrected chi connectivity index (χ3v) is 0.843. The van der Waals surface area contributed by atoms with E-state index >= 15 is 0 Å². The molecule has 0 aromatic rings. The molecule has 0 aliphatic rings. The zero-order valence-electron chi connectivity index (χ0n) is 4.52. The minimum absolute atomic E-state index is 0.265. The zero-order valence-corrected chi connectivity index (χ0v) is 5.27. The Morgan fingerprint density at radius 2 is 2.38 bits per heavy atom. The Hall–Kier alpha value is -0.630. The maximum absolute atomic E-state index is 10.1. The number of hydrogen-bond acceptors (Lipinski definition) is 2. The second kappa shape index (κ2) is 3.38. The van der Waals surface area contributed by atoms with Gasteiger partial charge in [-0.3, -0.25) is 9.79 Å². The zero-order chi connectivity index (χ0) is 6.57. The van der Waals surface area contributed by atoms with Gasteiger partial charge in [-0.15, -0.1) is 0 Å². The minimum Gasteiger partial charge on any atom is -0.274 e. The van der Waals surface area contributed by atoms with Crippen LogP contribution in [-0.2, 0) is 4.79 Å². The van der Waals surface area contributed by atoms with Gasteiger partial charge in [0.15, 0.2) is 0 Å². The number of hydrogen-bond donors (Lipinski definition) is 0. The van der Waals surface area contributed by atoms with Gasteiger partial charge in [0.1, 0.15) is 0 Å².